The second-order valence-electron chi connectivity index (χ2n) is 13.1. The minimum Gasteiger partial charge on any atom is -0.480 e. The summed E-state index contributed by atoms with van der Waals surface area (Å²) >= 11 is 0. The first kappa shape index (κ1) is 44.6. The Kier molecular flexibility index (Phi) is 17.4. The van der Waals surface area contributed by atoms with Crippen molar-refractivity contribution in [3.8, 4) is 0 Å². The van der Waals surface area contributed by atoms with Crippen LogP contribution in [0.5, 0.6) is 0 Å². The van der Waals surface area contributed by atoms with Gasteiger partial charge in [0.25, 0.3) is 0 Å². The smallest absolute Gasteiger partial charge is 0.480 e. The molecule has 1 fully saturated rings. The molecule has 3 aromatic rings. The number of hydroxylamine groups is 1. The number of anilines is 1. The number of aliphatic carboxylic acids is 3. The molecule has 0 unspecified atom stereocenters. The van der Waals surface area contributed by atoms with Crippen molar-refractivity contribution in [2.75, 3.05) is 105 Å². The number of likely N-dealkylation sites (N-methyl/N-ethyl adjacent to an activating group) is 1. The summed E-state index contributed by atoms with van der Waals surface area (Å²) in [5, 5.41) is 53.0. The van der Waals surface area contributed by atoms with E-state index in [0.717, 1.165) is 21.9 Å². The predicted octanol–water partition coefficient (Wildman–Crippen LogP) is -2.07. The number of amides is 1. The van der Waals surface area contributed by atoms with E-state index in [9.17, 15) is 44.5 Å². The first-order valence-corrected chi connectivity index (χ1v) is 17.0. The van der Waals surface area contributed by atoms with Crippen LogP contribution in [0.25, 0.3) is 21.7 Å². The first-order chi connectivity index (χ1) is 24.7. The molecule has 4 rings (SSSR count). The fourth-order valence-corrected chi connectivity index (χ4v) is 6.64. The molecule has 0 bridgehead atoms. The zero-order valence-electron chi connectivity index (χ0n) is 30.5. The topological polar surface area (TPSA) is 202 Å². The van der Waals surface area contributed by atoms with E-state index >= 15 is 0 Å². The summed E-state index contributed by atoms with van der Waals surface area (Å²) in [6.45, 7) is 1.98. The van der Waals surface area contributed by atoms with Gasteiger partial charge in [-0.15, -0.1) is 0 Å². The van der Waals surface area contributed by atoms with Gasteiger partial charge in [-0.1, -0.05) is 18.2 Å². The Morgan fingerprint density at radius 2 is 1.23 bits per heavy atom. The van der Waals surface area contributed by atoms with E-state index < -0.39 is 25.0 Å². The van der Waals surface area contributed by atoms with E-state index in [-0.39, 0.29) is 114 Å². The Balaban J connectivity index is 0.00000756. The maximum absolute atomic E-state index is 13.7. The van der Waals surface area contributed by atoms with Gasteiger partial charge in [0.1, 0.15) is 7.05 Å². The summed E-state index contributed by atoms with van der Waals surface area (Å²) in [5.74, 6) is -3.25. The van der Waals surface area contributed by atoms with Crippen LogP contribution in [-0.4, -0.2) is 181 Å². The molecule has 0 aliphatic carbocycles. The molecular formula is C34H49BEuN7O10+4. The minimum atomic E-state index is -1.75. The maximum atomic E-state index is 13.7. The monoisotopic (exact) mass is 879 g/mol. The molecule has 17 nitrogen and oxygen atoms in total. The summed E-state index contributed by atoms with van der Waals surface area (Å²) in [7, 11) is 4.95. The number of carboxylic acid groups (broad SMARTS) is 3. The molecule has 0 radical (unpaired) electrons. The van der Waals surface area contributed by atoms with Gasteiger partial charge in [0.15, 0.2) is 0 Å². The van der Waals surface area contributed by atoms with Crippen LogP contribution in [0.1, 0.15) is 5.56 Å². The van der Waals surface area contributed by atoms with Gasteiger partial charge < -0.3 is 30.3 Å². The molecule has 1 aromatic heterocycles. The molecule has 53 heavy (non-hydrogen) atoms. The molecular weight excluding hydrogens is 829 g/mol. The number of hydrogen-bond acceptors (Lipinski definition) is 12. The number of pyridine rings is 1. The molecule has 1 saturated heterocycles. The van der Waals surface area contributed by atoms with Crippen molar-refractivity contribution in [2.24, 2.45) is 7.05 Å². The Bertz CT molecular complexity index is 1740. The van der Waals surface area contributed by atoms with Gasteiger partial charge in [0.2, 0.25) is 17.0 Å². The van der Waals surface area contributed by atoms with E-state index in [2.05, 4.69) is 0 Å². The number of carbonyl (C=O) groups is 4. The quantitative estimate of drug-likeness (QED) is 0.0543. The number of nitrogens with zero attached hydrogens (tertiary/aromatic N) is 7. The molecule has 286 valence electrons. The summed E-state index contributed by atoms with van der Waals surface area (Å²) in [4.78, 5) is 62.4. The number of carboxylic acids is 3. The van der Waals surface area contributed by atoms with Crippen molar-refractivity contribution in [2.45, 2.75) is 6.54 Å². The number of rotatable bonds is 13. The Hall–Kier alpha value is -2.84. The van der Waals surface area contributed by atoms with Crippen molar-refractivity contribution in [3.63, 3.8) is 0 Å². The molecule has 0 spiro atoms. The normalized spacial score (nSPS) is 15.7. The molecule has 2 aromatic carbocycles. The average Bonchev–Trinajstić information content (AvgIpc) is 3.08. The molecule has 1 aliphatic rings. The van der Waals surface area contributed by atoms with E-state index in [0.29, 0.717) is 42.8 Å². The van der Waals surface area contributed by atoms with Crippen LogP contribution in [0, 0.1) is 49.4 Å². The third-order valence-corrected chi connectivity index (χ3v) is 9.44. The van der Waals surface area contributed by atoms with Crippen LogP contribution in [0.15, 0.2) is 36.4 Å². The summed E-state index contributed by atoms with van der Waals surface area (Å²) in [6, 6.07) is 11.3. The van der Waals surface area contributed by atoms with E-state index in [1.165, 1.54) is 7.11 Å². The van der Waals surface area contributed by atoms with Crippen molar-refractivity contribution in [1.82, 2.24) is 24.5 Å². The zero-order valence-corrected chi connectivity index (χ0v) is 32.9. The summed E-state index contributed by atoms with van der Waals surface area (Å²) < 4.78 is 1.73. The van der Waals surface area contributed by atoms with Crippen LogP contribution in [0.4, 0.5) is 5.69 Å². The number of benzene rings is 2. The second kappa shape index (κ2) is 20.7. The summed E-state index contributed by atoms with van der Waals surface area (Å²) in [6.07, 6.45) is 0. The third kappa shape index (κ3) is 12.3. The van der Waals surface area contributed by atoms with E-state index in [1.807, 2.05) is 41.3 Å². The van der Waals surface area contributed by atoms with Gasteiger partial charge in [-0.3, -0.25) is 48.7 Å². The number of hydrogen-bond donors (Lipinski definition) is 5. The molecule has 0 atom stereocenters. The molecule has 1 amide bonds. The van der Waals surface area contributed by atoms with Crippen LogP contribution in [0.3, 0.4) is 0 Å². The second-order valence-corrected chi connectivity index (χ2v) is 13.1. The number of fused-ring (bicyclic) bond motifs is 3. The van der Waals surface area contributed by atoms with Gasteiger partial charge in [0.05, 0.1) is 49.7 Å². The molecule has 2 heterocycles. The number of aromatic nitrogens is 1. The van der Waals surface area contributed by atoms with Gasteiger partial charge in [-0.2, -0.15) is 0 Å². The molecule has 0 saturated carbocycles. The van der Waals surface area contributed by atoms with Crippen LogP contribution in [0.2, 0.25) is 0 Å². The standard InChI is InChI=1S/C34H48BN7O10.Eu/c1-36(19-24-8-9-27-26(18-24)25-6-5-7-28(38(3)52-4)33(25)34(35(50)51)37(27)2)29(43)20-39-10-12-40(21-30(44)45)14-16-42(23-32(48)49)17-15-41(13-11-39)22-31(46)47;/h5-9,18,50-51H,10-17,19-23H2,1-4H3,(H2-,44,45,46,47,48,49);/q;+3/p+1. The van der Waals surface area contributed by atoms with E-state index in [4.69, 9.17) is 4.84 Å². The van der Waals surface area contributed by atoms with Gasteiger partial charge in [0, 0.05) is 84.5 Å². The average molecular weight is 879 g/mol. The molecule has 5 N–H and O–H groups in total. The predicted molar refractivity (Wildman–Crippen MR) is 193 cm³/mol. The van der Waals surface area contributed by atoms with Crippen molar-refractivity contribution < 1.29 is 103 Å². The zero-order chi connectivity index (χ0) is 38.1. The Morgan fingerprint density at radius 1 is 0.755 bits per heavy atom. The fraction of sp³-hybridized carbons (Fsp3) is 0.500. The van der Waals surface area contributed by atoms with Crippen molar-refractivity contribution in [1.29, 1.82) is 0 Å². The third-order valence-electron chi connectivity index (χ3n) is 9.44. The van der Waals surface area contributed by atoms with Crippen molar-refractivity contribution in [3.05, 3.63) is 42.0 Å². The first-order valence-electron chi connectivity index (χ1n) is 17.0. The van der Waals surface area contributed by atoms with Gasteiger partial charge in [-0.05, 0) is 17.7 Å². The van der Waals surface area contributed by atoms with Crippen LogP contribution in [-0.2, 0) is 37.6 Å². The van der Waals surface area contributed by atoms with Gasteiger partial charge >= 0.3 is 74.4 Å². The van der Waals surface area contributed by atoms with Gasteiger partial charge in [-0.25, -0.2) is 4.57 Å². The minimum absolute atomic E-state index is 0. The SMILES string of the molecule is CON(C)c1cccc2c1c(B(O)O)[n+](C)c1ccc(CN(C)C(=O)CN3CCN(CC(=O)O)CCN(CC(=O)O)CCN(CC(=O)O)CC3)cc21.[Eu+3]. The maximum Gasteiger partial charge on any atom is 3.00 e. The summed E-state index contributed by atoms with van der Waals surface area (Å²) in [5.41, 5.74) is 2.54. The Labute approximate surface area is 349 Å². The largest absolute Gasteiger partial charge is 3.00 e. The fourth-order valence-electron chi connectivity index (χ4n) is 6.64. The number of aryl methyl sites for hydroxylation is 1. The Morgan fingerprint density at radius 3 is 1.66 bits per heavy atom. The van der Waals surface area contributed by atoms with Crippen LogP contribution >= 0.6 is 0 Å². The van der Waals surface area contributed by atoms with E-state index in [1.54, 1.807) is 50.4 Å². The van der Waals surface area contributed by atoms with Crippen LogP contribution < -0.4 is 15.2 Å². The van der Waals surface area contributed by atoms with Crippen molar-refractivity contribution >= 4 is 63.9 Å². The molecule has 1 aliphatic heterocycles. The molecule has 19 heteroatoms. The number of carbonyl (C=O) groups excluding carboxylic acids is 1.